The van der Waals surface area contributed by atoms with Gasteiger partial charge in [-0.25, -0.2) is 0 Å². The zero-order valence-electron chi connectivity index (χ0n) is 9.55. The van der Waals surface area contributed by atoms with Gasteiger partial charge in [0.1, 0.15) is 11.5 Å². The van der Waals surface area contributed by atoms with Crippen molar-refractivity contribution in [3.05, 3.63) is 23.2 Å². The van der Waals surface area contributed by atoms with Gasteiger partial charge in [0.15, 0.2) is 0 Å². The summed E-state index contributed by atoms with van der Waals surface area (Å²) in [5.74, 6) is 2.17. The van der Waals surface area contributed by atoms with E-state index in [1.54, 1.807) is 6.07 Å². The van der Waals surface area contributed by atoms with Crippen LogP contribution in [0.1, 0.15) is 34.7 Å². The van der Waals surface area contributed by atoms with Crippen LogP contribution in [0.15, 0.2) is 10.5 Å². The van der Waals surface area contributed by atoms with Gasteiger partial charge in [-0.05, 0) is 38.7 Å². The Kier molecular flexibility index (Phi) is 3.38. The van der Waals surface area contributed by atoms with Gasteiger partial charge in [0.2, 0.25) is 0 Å². The van der Waals surface area contributed by atoms with E-state index in [1.165, 1.54) is 12.8 Å². The first kappa shape index (κ1) is 11.7. The molecule has 1 saturated carbocycles. The van der Waals surface area contributed by atoms with Crippen molar-refractivity contribution in [3.8, 4) is 0 Å². The smallest absolute Gasteiger partial charge is 0.254 e. The number of amides is 1. The Morgan fingerprint density at radius 1 is 1.62 bits per heavy atom. The molecule has 1 aliphatic carbocycles. The second-order valence-corrected chi connectivity index (χ2v) is 5.57. The van der Waals surface area contributed by atoms with Crippen LogP contribution >= 0.6 is 15.9 Å². The number of furan rings is 1. The average Bonchev–Trinajstić information content (AvgIpc) is 3.01. The molecule has 16 heavy (non-hydrogen) atoms. The van der Waals surface area contributed by atoms with Crippen molar-refractivity contribution in [2.45, 2.75) is 31.5 Å². The van der Waals surface area contributed by atoms with Crippen LogP contribution in [-0.2, 0) is 0 Å². The second kappa shape index (κ2) is 4.62. The van der Waals surface area contributed by atoms with Gasteiger partial charge in [0.25, 0.3) is 5.91 Å². The zero-order valence-corrected chi connectivity index (χ0v) is 11.1. The highest BCUT2D eigenvalue weighted by molar-refractivity contribution is 9.09. The van der Waals surface area contributed by atoms with Crippen LogP contribution in [-0.4, -0.2) is 17.3 Å². The number of rotatable bonds is 4. The molecular weight excluding hydrogens is 270 g/mol. The molecule has 0 radical (unpaired) electrons. The highest BCUT2D eigenvalue weighted by Gasteiger charge is 2.29. The highest BCUT2D eigenvalue weighted by Crippen LogP contribution is 2.36. The van der Waals surface area contributed by atoms with Crippen molar-refractivity contribution in [3.63, 3.8) is 0 Å². The molecule has 4 heteroatoms. The molecule has 0 aromatic carbocycles. The predicted octanol–water partition coefficient (Wildman–Crippen LogP) is 2.80. The van der Waals surface area contributed by atoms with Gasteiger partial charge in [0, 0.05) is 11.4 Å². The topological polar surface area (TPSA) is 42.2 Å². The summed E-state index contributed by atoms with van der Waals surface area (Å²) in [7, 11) is 0. The van der Waals surface area contributed by atoms with E-state index in [2.05, 4.69) is 21.2 Å². The number of carbonyl (C=O) groups excluding carboxylic acids is 1. The highest BCUT2D eigenvalue weighted by atomic mass is 79.9. The number of halogens is 1. The molecule has 1 aromatic rings. The summed E-state index contributed by atoms with van der Waals surface area (Å²) in [6.45, 7) is 4.35. The molecule has 0 aliphatic heterocycles. The lowest BCUT2D eigenvalue weighted by atomic mass is 10.2. The molecule has 0 bridgehead atoms. The van der Waals surface area contributed by atoms with Crippen LogP contribution in [0.25, 0.3) is 0 Å². The van der Waals surface area contributed by atoms with Gasteiger partial charge in [-0.2, -0.15) is 0 Å². The van der Waals surface area contributed by atoms with E-state index in [0.717, 1.165) is 11.7 Å². The summed E-state index contributed by atoms with van der Waals surface area (Å²) in [6, 6.07) is 1.78. The first-order valence-corrected chi connectivity index (χ1v) is 6.49. The fourth-order valence-electron chi connectivity index (χ4n) is 1.77. The minimum atomic E-state index is -0.0422. The van der Waals surface area contributed by atoms with Crippen molar-refractivity contribution in [1.29, 1.82) is 0 Å². The first-order chi connectivity index (χ1) is 7.58. The SMILES string of the molecule is Cc1cc(C(=O)NCC(Br)C2CC2)c(C)o1. The van der Waals surface area contributed by atoms with E-state index in [0.29, 0.717) is 22.7 Å². The minimum absolute atomic E-state index is 0.0422. The van der Waals surface area contributed by atoms with E-state index in [1.807, 2.05) is 13.8 Å². The van der Waals surface area contributed by atoms with Crippen LogP contribution in [0, 0.1) is 19.8 Å². The fourth-order valence-corrected chi connectivity index (χ4v) is 2.46. The minimum Gasteiger partial charge on any atom is -0.466 e. The summed E-state index contributed by atoms with van der Waals surface area (Å²) in [6.07, 6.45) is 2.55. The molecule has 88 valence electrons. The van der Waals surface area contributed by atoms with Crippen molar-refractivity contribution >= 4 is 21.8 Å². The van der Waals surface area contributed by atoms with Gasteiger partial charge < -0.3 is 9.73 Å². The maximum atomic E-state index is 11.8. The molecular formula is C12H16BrNO2. The third-order valence-electron chi connectivity index (χ3n) is 2.88. The summed E-state index contributed by atoms with van der Waals surface area (Å²) in [5.41, 5.74) is 0.646. The molecule has 2 rings (SSSR count). The molecule has 1 atom stereocenters. The van der Waals surface area contributed by atoms with Crippen molar-refractivity contribution < 1.29 is 9.21 Å². The monoisotopic (exact) mass is 285 g/mol. The summed E-state index contributed by atoms with van der Waals surface area (Å²) >= 11 is 3.59. The quantitative estimate of drug-likeness (QED) is 0.865. The standard InChI is InChI=1S/C12H16BrNO2/c1-7-5-10(8(2)16-7)12(15)14-6-11(13)9-3-4-9/h5,9,11H,3-4,6H2,1-2H3,(H,14,15). The van der Waals surface area contributed by atoms with E-state index in [-0.39, 0.29) is 5.91 Å². The van der Waals surface area contributed by atoms with Gasteiger partial charge in [-0.15, -0.1) is 0 Å². The number of aryl methyl sites for hydroxylation is 2. The van der Waals surface area contributed by atoms with E-state index >= 15 is 0 Å². The van der Waals surface area contributed by atoms with E-state index < -0.39 is 0 Å². The van der Waals surface area contributed by atoms with Gasteiger partial charge in [-0.3, -0.25) is 4.79 Å². The second-order valence-electron chi connectivity index (χ2n) is 4.39. The number of nitrogens with one attached hydrogen (secondary N) is 1. The van der Waals surface area contributed by atoms with Gasteiger partial charge in [0.05, 0.1) is 5.56 Å². The Bertz CT molecular complexity index is 396. The third-order valence-corrected chi connectivity index (χ3v) is 3.95. The number of alkyl halides is 1. The Morgan fingerprint density at radius 3 is 2.81 bits per heavy atom. The molecule has 0 saturated heterocycles. The van der Waals surface area contributed by atoms with Gasteiger partial charge in [-0.1, -0.05) is 15.9 Å². The first-order valence-electron chi connectivity index (χ1n) is 5.57. The number of hydrogen-bond donors (Lipinski definition) is 1. The van der Waals surface area contributed by atoms with Crippen molar-refractivity contribution in [1.82, 2.24) is 5.32 Å². The van der Waals surface area contributed by atoms with Crippen LogP contribution in [0.3, 0.4) is 0 Å². The van der Waals surface area contributed by atoms with Crippen LogP contribution in [0.4, 0.5) is 0 Å². The molecule has 1 unspecified atom stereocenters. The third kappa shape index (κ3) is 2.67. The summed E-state index contributed by atoms with van der Waals surface area (Å²) in [5, 5.41) is 2.93. The number of hydrogen-bond acceptors (Lipinski definition) is 2. The lowest BCUT2D eigenvalue weighted by Crippen LogP contribution is -2.30. The molecule has 3 nitrogen and oxygen atoms in total. The summed E-state index contributed by atoms with van der Waals surface area (Å²) < 4.78 is 5.33. The Morgan fingerprint density at radius 2 is 2.31 bits per heavy atom. The molecule has 1 amide bonds. The van der Waals surface area contributed by atoms with Crippen LogP contribution < -0.4 is 5.32 Å². The predicted molar refractivity (Wildman–Crippen MR) is 66.0 cm³/mol. The largest absolute Gasteiger partial charge is 0.466 e. The molecule has 0 spiro atoms. The lowest BCUT2D eigenvalue weighted by Gasteiger charge is -2.09. The number of carbonyl (C=O) groups is 1. The van der Waals surface area contributed by atoms with Crippen molar-refractivity contribution in [2.24, 2.45) is 5.92 Å². The summed E-state index contributed by atoms with van der Waals surface area (Å²) in [4.78, 5) is 12.2. The molecule has 1 aliphatic rings. The Balaban J connectivity index is 1.89. The maximum absolute atomic E-state index is 11.8. The zero-order chi connectivity index (χ0) is 11.7. The Hall–Kier alpha value is -0.770. The molecule has 1 N–H and O–H groups in total. The average molecular weight is 286 g/mol. The van der Waals surface area contributed by atoms with Gasteiger partial charge >= 0.3 is 0 Å². The van der Waals surface area contributed by atoms with Crippen LogP contribution in [0.5, 0.6) is 0 Å². The molecule has 1 aromatic heterocycles. The lowest BCUT2D eigenvalue weighted by molar-refractivity contribution is 0.0952. The normalized spacial score (nSPS) is 17.2. The van der Waals surface area contributed by atoms with E-state index in [4.69, 9.17) is 4.42 Å². The van der Waals surface area contributed by atoms with Crippen molar-refractivity contribution in [2.75, 3.05) is 6.54 Å². The maximum Gasteiger partial charge on any atom is 0.254 e. The Labute approximate surface area is 104 Å². The van der Waals surface area contributed by atoms with E-state index in [9.17, 15) is 4.79 Å². The molecule has 1 heterocycles. The van der Waals surface area contributed by atoms with Crippen LogP contribution in [0.2, 0.25) is 0 Å². The fraction of sp³-hybridized carbons (Fsp3) is 0.583. The molecule has 1 fully saturated rings.